The van der Waals surface area contributed by atoms with Gasteiger partial charge in [-0.1, -0.05) is 42.5 Å². The van der Waals surface area contributed by atoms with Crippen molar-refractivity contribution in [3.05, 3.63) is 110 Å². The van der Waals surface area contributed by atoms with Crippen molar-refractivity contribution in [1.82, 2.24) is 0 Å². The highest BCUT2D eigenvalue weighted by molar-refractivity contribution is 9.10. The van der Waals surface area contributed by atoms with E-state index in [0.717, 1.165) is 21.9 Å². The topological polar surface area (TPSA) is 85.4 Å². The van der Waals surface area contributed by atoms with Crippen molar-refractivity contribution < 1.29 is 14.4 Å². The molecule has 168 valence electrons. The fraction of sp³-hybridized carbons (Fsp3) is 0.0741. The number of allylic oxidation sites excluding steroid dienone is 1. The number of non-ortho nitro benzene ring substituents is 1. The number of fused-ring (bicyclic) bond motifs is 1. The van der Waals surface area contributed by atoms with Crippen LogP contribution >= 0.6 is 15.9 Å². The molecule has 0 radical (unpaired) electrons. The summed E-state index contributed by atoms with van der Waals surface area (Å²) in [6, 6.07) is 25.9. The lowest BCUT2D eigenvalue weighted by molar-refractivity contribution is -0.384. The number of hydrogen-bond donors (Lipinski definition) is 0. The van der Waals surface area contributed by atoms with Gasteiger partial charge in [0.2, 0.25) is 0 Å². The summed E-state index contributed by atoms with van der Waals surface area (Å²) in [6.07, 6.45) is 1.70. The Labute approximate surface area is 205 Å². The normalized spacial score (nSPS) is 11.1. The number of rotatable bonds is 7. The average molecular weight is 515 g/mol. The minimum absolute atomic E-state index is 0.0295. The molecule has 4 aromatic carbocycles. The molecular formula is C27H19BrN2O4. The van der Waals surface area contributed by atoms with Crippen molar-refractivity contribution in [2.75, 3.05) is 7.11 Å². The second-order valence-corrected chi connectivity index (χ2v) is 8.29. The van der Waals surface area contributed by atoms with Crippen LogP contribution in [0.25, 0.3) is 22.4 Å². The molecule has 0 unspecified atom stereocenters. The number of halogens is 1. The Morgan fingerprint density at radius 3 is 2.53 bits per heavy atom. The number of ether oxygens (including phenoxy) is 2. The maximum atomic E-state index is 10.9. The van der Waals surface area contributed by atoms with Crippen molar-refractivity contribution >= 4 is 44.0 Å². The molecular weight excluding hydrogens is 496 g/mol. The van der Waals surface area contributed by atoms with Gasteiger partial charge in [-0.2, -0.15) is 5.26 Å². The largest absolute Gasteiger partial charge is 0.493 e. The summed E-state index contributed by atoms with van der Waals surface area (Å²) >= 11 is 3.56. The molecule has 0 heterocycles. The van der Waals surface area contributed by atoms with Gasteiger partial charge >= 0.3 is 0 Å². The van der Waals surface area contributed by atoms with E-state index in [2.05, 4.69) is 40.2 Å². The van der Waals surface area contributed by atoms with Gasteiger partial charge in [-0.25, -0.2) is 0 Å². The van der Waals surface area contributed by atoms with Crippen molar-refractivity contribution in [2.24, 2.45) is 0 Å². The monoisotopic (exact) mass is 514 g/mol. The third-order valence-electron chi connectivity index (χ3n) is 5.32. The van der Waals surface area contributed by atoms with Crippen LogP contribution in [0.2, 0.25) is 0 Å². The Morgan fingerprint density at radius 1 is 1.09 bits per heavy atom. The highest BCUT2D eigenvalue weighted by Crippen LogP contribution is 2.38. The molecule has 0 N–H and O–H groups in total. The van der Waals surface area contributed by atoms with E-state index in [1.165, 1.54) is 12.1 Å². The third kappa shape index (κ3) is 4.92. The van der Waals surface area contributed by atoms with E-state index >= 15 is 0 Å². The summed E-state index contributed by atoms with van der Waals surface area (Å²) in [5, 5.41) is 22.8. The lowest BCUT2D eigenvalue weighted by atomic mass is 10.0. The molecule has 4 rings (SSSR count). The molecule has 0 aliphatic carbocycles. The van der Waals surface area contributed by atoms with Gasteiger partial charge in [0.15, 0.2) is 11.5 Å². The summed E-state index contributed by atoms with van der Waals surface area (Å²) in [5.74, 6) is 1.07. The predicted octanol–water partition coefficient (Wildman–Crippen LogP) is 7.16. The number of nitro groups is 1. The molecule has 0 aliphatic rings. The number of nitro benzene ring substituents is 1. The van der Waals surface area contributed by atoms with Crippen molar-refractivity contribution in [2.45, 2.75) is 6.61 Å². The van der Waals surface area contributed by atoms with Crippen molar-refractivity contribution in [3.63, 3.8) is 0 Å². The summed E-state index contributed by atoms with van der Waals surface area (Å²) in [6.45, 7) is 0.359. The molecule has 0 amide bonds. The van der Waals surface area contributed by atoms with Crippen molar-refractivity contribution in [1.29, 1.82) is 5.26 Å². The molecule has 4 aromatic rings. The van der Waals surface area contributed by atoms with E-state index in [0.29, 0.717) is 33.7 Å². The predicted molar refractivity (Wildman–Crippen MR) is 136 cm³/mol. The highest BCUT2D eigenvalue weighted by atomic mass is 79.9. The highest BCUT2D eigenvalue weighted by Gasteiger charge is 2.14. The van der Waals surface area contributed by atoms with Crippen LogP contribution < -0.4 is 9.47 Å². The van der Waals surface area contributed by atoms with Gasteiger partial charge in [0.1, 0.15) is 6.61 Å². The van der Waals surface area contributed by atoms with Crippen molar-refractivity contribution in [3.8, 4) is 17.6 Å². The number of nitrogens with zero attached hydrogens (tertiary/aromatic N) is 2. The zero-order chi connectivity index (χ0) is 24.1. The standard InChI is InChI=1S/C27H19BrN2O4/c1-33-26-15-18(13-22(16-29)19-9-11-23(12-10-19)30(31)32)14-25(28)27(26)34-17-21-7-4-6-20-5-2-3-8-24(20)21/h2-15H,17H2,1H3/b22-13+. The zero-order valence-electron chi connectivity index (χ0n) is 18.2. The lowest BCUT2D eigenvalue weighted by Gasteiger charge is -2.15. The molecule has 0 saturated carbocycles. The van der Waals surface area contributed by atoms with E-state index in [-0.39, 0.29) is 5.69 Å². The second-order valence-electron chi connectivity index (χ2n) is 7.43. The molecule has 34 heavy (non-hydrogen) atoms. The summed E-state index contributed by atoms with van der Waals surface area (Å²) < 4.78 is 12.4. The Hall–Kier alpha value is -4.15. The molecule has 0 spiro atoms. The fourth-order valence-electron chi connectivity index (χ4n) is 3.64. The van der Waals surface area contributed by atoms with Gasteiger partial charge in [0.05, 0.1) is 28.1 Å². The van der Waals surface area contributed by atoms with Crippen LogP contribution in [0.15, 0.2) is 83.3 Å². The first-order chi connectivity index (χ1) is 16.5. The van der Waals surface area contributed by atoms with E-state index in [4.69, 9.17) is 9.47 Å². The average Bonchev–Trinajstić information content (AvgIpc) is 2.86. The van der Waals surface area contributed by atoms with Crippen LogP contribution in [0.1, 0.15) is 16.7 Å². The molecule has 7 heteroatoms. The Bertz CT molecular complexity index is 1430. The number of nitriles is 1. The van der Waals surface area contributed by atoms with Gasteiger partial charge in [-0.3, -0.25) is 10.1 Å². The molecule has 0 bridgehead atoms. The van der Waals surface area contributed by atoms with Gasteiger partial charge in [-0.05, 0) is 73.7 Å². The summed E-state index contributed by atoms with van der Waals surface area (Å²) in [4.78, 5) is 10.4. The Morgan fingerprint density at radius 2 is 1.82 bits per heavy atom. The fourth-order valence-corrected chi connectivity index (χ4v) is 4.22. The third-order valence-corrected chi connectivity index (χ3v) is 5.91. The maximum Gasteiger partial charge on any atom is 0.269 e. The second kappa shape index (κ2) is 10.2. The van der Waals surface area contributed by atoms with E-state index in [1.54, 1.807) is 31.4 Å². The quantitative estimate of drug-likeness (QED) is 0.113. The molecule has 0 aromatic heterocycles. The van der Waals surface area contributed by atoms with E-state index in [9.17, 15) is 15.4 Å². The van der Waals surface area contributed by atoms with Gasteiger partial charge in [0.25, 0.3) is 5.69 Å². The smallest absolute Gasteiger partial charge is 0.269 e. The number of methoxy groups -OCH3 is 1. The van der Waals surface area contributed by atoms with E-state index in [1.807, 2.05) is 30.3 Å². The van der Waals surface area contributed by atoms with Gasteiger partial charge < -0.3 is 9.47 Å². The zero-order valence-corrected chi connectivity index (χ0v) is 19.8. The SMILES string of the molecule is COc1cc(/C=C(\C#N)c2ccc([N+](=O)[O-])cc2)cc(Br)c1OCc1cccc2ccccc12. The number of benzene rings is 4. The number of hydrogen-bond acceptors (Lipinski definition) is 5. The lowest BCUT2D eigenvalue weighted by Crippen LogP contribution is -2.00. The molecule has 0 atom stereocenters. The van der Waals surface area contributed by atoms with Gasteiger partial charge in [0, 0.05) is 12.1 Å². The molecule has 0 aliphatic heterocycles. The molecule has 6 nitrogen and oxygen atoms in total. The first kappa shape index (κ1) is 23.0. The van der Waals surface area contributed by atoms with Gasteiger partial charge in [-0.15, -0.1) is 0 Å². The Balaban J connectivity index is 1.62. The van der Waals surface area contributed by atoms with E-state index < -0.39 is 4.92 Å². The minimum atomic E-state index is -0.474. The van der Waals surface area contributed by atoms with Crippen LogP contribution in [0.5, 0.6) is 11.5 Å². The van der Waals surface area contributed by atoms with Crippen LogP contribution in [-0.4, -0.2) is 12.0 Å². The molecule has 0 saturated heterocycles. The first-order valence-corrected chi connectivity index (χ1v) is 11.1. The van der Waals surface area contributed by atoms with Crippen LogP contribution in [-0.2, 0) is 6.61 Å². The first-order valence-electron chi connectivity index (χ1n) is 10.3. The van der Waals surface area contributed by atoms with Crippen LogP contribution in [0.3, 0.4) is 0 Å². The summed E-state index contributed by atoms with van der Waals surface area (Å²) in [5.41, 5.74) is 2.70. The van der Waals surface area contributed by atoms with Crippen LogP contribution in [0.4, 0.5) is 5.69 Å². The Kier molecular flexibility index (Phi) is 6.90. The summed E-state index contributed by atoms with van der Waals surface area (Å²) in [7, 11) is 1.56. The molecule has 0 fully saturated rings. The maximum absolute atomic E-state index is 10.9. The minimum Gasteiger partial charge on any atom is -0.493 e. The van der Waals surface area contributed by atoms with Crippen LogP contribution in [0, 0.1) is 21.4 Å².